The van der Waals surface area contributed by atoms with E-state index < -0.39 is 0 Å². The summed E-state index contributed by atoms with van der Waals surface area (Å²) in [6.07, 6.45) is 6.54. The smallest absolute Gasteiger partial charge is 0.0409 e. The molecule has 1 fully saturated rings. The molecule has 1 N–H and O–H groups in total. The van der Waals surface area contributed by atoms with Gasteiger partial charge >= 0.3 is 0 Å². The highest BCUT2D eigenvalue weighted by molar-refractivity contribution is 6.30. The van der Waals surface area contributed by atoms with Gasteiger partial charge in [-0.1, -0.05) is 50.4 Å². The third-order valence-corrected chi connectivity index (χ3v) is 4.46. The fraction of sp³-hybridized carbons (Fsp3) is 0.625. The number of nitrogens with one attached hydrogen (secondary N) is 1. The van der Waals surface area contributed by atoms with Gasteiger partial charge in [0.05, 0.1) is 0 Å². The van der Waals surface area contributed by atoms with E-state index in [9.17, 15) is 0 Å². The van der Waals surface area contributed by atoms with Gasteiger partial charge in [0.1, 0.15) is 0 Å². The van der Waals surface area contributed by atoms with Crippen LogP contribution in [0.2, 0.25) is 5.02 Å². The Labute approximate surface area is 116 Å². The fourth-order valence-electron chi connectivity index (χ4n) is 3.21. The summed E-state index contributed by atoms with van der Waals surface area (Å²) in [5, 5.41) is 4.58. The Morgan fingerprint density at radius 3 is 2.67 bits per heavy atom. The molecular weight excluding hydrogens is 242 g/mol. The highest BCUT2D eigenvalue weighted by Gasteiger charge is 2.37. The van der Waals surface area contributed by atoms with Crippen molar-refractivity contribution in [2.75, 3.05) is 6.54 Å². The molecule has 18 heavy (non-hydrogen) atoms. The Bertz CT molecular complexity index is 382. The molecule has 2 heteroatoms. The molecule has 1 saturated carbocycles. The molecule has 1 nitrogen and oxygen atoms in total. The van der Waals surface area contributed by atoms with E-state index in [2.05, 4.69) is 37.4 Å². The van der Waals surface area contributed by atoms with Gasteiger partial charge in [-0.25, -0.2) is 0 Å². The van der Waals surface area contributed by atoms with Gasteiger partial charge in [0.2, 0.25) is 0 Å². The predicted molar refractivity (Wildman–Crippen MR) is 79.1 cm³/mol. The van der Waals surface area contributed by atoms with Crippen LogP contribution in [0.5, 0.6) is 0 Å². The molecule has 0 radical (unpaired) electrons. The second-order valence-corrected chi connectivity index (χ2v) is 6.24. The van der Waals surface area contributed by atoms with E-state index in [1.165, 1.54) is 37.7 Å². The highest BCUT2D eigenvalue weighted by Crippen LogP contribution is 2.47. The lowest BCUT2D eigenvalue weighted by atomic mass is 9.77. The van der Waals surface area contributed by atoms with Crippen molar-refractivity contribution in [1.82, 2.24) is 5.32 Å². The fourth-order valence-corrected chi connectivity index (χ4v) is 3.41. The lowest BCUT2D eigenvalue weighted by Crippen LogP contribution is -2.35. The normalized spacial score (nSPS) is 19.9. The summed E-state index contributed by atoms with van der Waals surface area (Å²) in [6, 6.07) is 8.80. The van der Waals surface area contributed by atoms with Gasteiger partial charge in [0.15, 0.2) is 0 Å². The Morgan fingerprint density at radius 2 is 2.06 bits per heavy atom. The number of hydrogen-bond donors (Lipinski definition) is 1. The van der Waals surface area contributed by atoms with Crippen LogP contribution in [0.3, 0.4) is 0 Å². The van der Waals surface area contributed by atoms with E-state index in [4.69, 9.17) is 11.6 Å². The van der Waals surface area contributed by atoms with Gasteiger partial charge in [-0.05, 0) is 48.9 Å². The van der Waals surface area contributed by atoms with Crippen LogP contribution in [0.4, 0.5) is 0 Å². The van der Waals surface area contributed by atoms with Crippen molar-refractivity contribution in [3.05, 3.63) is 34.9 Å². The maximum absolute atomic E-state index is 6.15. The molecular formula is C16H24ClN. The van der Waals surface area contributed by atoms with Crippen molar-refractivity contribution in [3.63, 3.8) is 0 Å². The molecule has 1 aromatic rings. The third-order valence-electron chi connectivity index (χ3n) is 4.22. The summed E-state index contributed by atoms with van der Waals surface area (Å²) >= 11 is 6.15. The molecule has 0 heterocycles. The number of hydrogen-bond acceptors (Lipinski definition) is 1. The van der Waals surface area contributed by atoms with Gasteiger partial charge in [-0.3, -0.25) is 0 Å². The average molecular weight is 266 g/mol. The van der Waals surface area contributed by atoms with Gasteiger partial charge in [-0.2, -0.15) is 0 Å². The monoisotopic (exact) mass is 265 g/mol. The molecule has 0 bridgehead atoms. The zero-order valence-corrected chi connectivity index (χ0v) is 12.3. The number of halogens is 1. The van der Waals surface area contributed by atoms with Crippen molar-refractivity contribution in [1.29, 1.82) is 0 Å². The lowest BCUT2D eigenvalue weighted by Gasteiger charge is -2.35. The summed E-state index contributed by atoms with van der Waals surface area (Å²) in [4.78, 5) is 0. The predicted octanol–water partition coefficient (Wildman–Crippen LogP) is 4.96. The van der Waals surface area contributed by atoms with Crippen LogP contribution >= 0.6 is 11.6 Å². The average Bonchev–Trinajstić information content (AvgIpc) is 2.77. The molecule has 0 aromatic heterocycles. The molecule has 1 unspecified atom stereocenters. The first-order chi connectivity index (χ1) is 8.65. The van der Waals surface area contributed by atoms with E-state index in [1.807, 2.05) is 6.07 Å². The minimum Gasteiger partial charge on any atom is -0.309 e. The van der Waals surface area contributed by atoms with E-state index >= 15 is 0 Å². The van der Waals surface area contributed by atoms with Gasteiger partial charge < -0.3 is 5.32 Å². The summed E-state index contributed by atoms with van der Waals surface area (Å²) in [6.45, 7) is 5.72. The Hall–Kier alpha value is -0.530. The second kappa shape index (κ2) is 6.08. The van der Waals surface area contributed by atoms with Crippen molar-refractivity contribution in [2.24, 2.45) is 5.41 Å². The molecule has 0 aliphatic heterocycles. The SMILES string of the molecule is CCCNC(c1cccc(Cl)c1)C1(C)CCCC1. The van der Waals surface area contributed by atoms with E-state index in [-0.39, 0.29) is 0 Å². The van der Waals surface area contributed by atoms with Crippen molar-refractivity contribution >= 4 is 11.6 Å². The Morgan fingerprint density at radius 1 is 1.33 bits per heavy atom. The summed E-state index contributed by atoms with van der Waals surface area (Å²) in [7, 11) is 0. The largest absolute Gasteiger partial charge is 0.309 e. The molecule has 1 atom stereocenters. The minimum absolute atomic E-state index is 0.389. The molecule has 0 spiro atoms. The second-order valence-electron chi connectivity index (χ2n) is 5.80. The van der Waals surface area contributed by atoms with Crippen LogP contribution < -0.4 is 5.32 Å². The van der Waals surface area contributed by atoms with Gasteiger partial charge in [-0.15, -0.1) is 0 Å². The topological polar surface area (TPSA) is 12.0 Å². The van der Waals surface area contributed by atoms with Crippen molar-refractivity contribution in [2.45, 2.75) is 52.0 Å². The number of benzene rings is 1. The van der Waals surface area contributed by atoms with Crippen LogP contribution in [-0.4, -0.2) is 6.54 Å². The zero-order chi connectivity index (χ0) is 13.0. The third kappa shape index (κ3) is 3.07. The highest BCUT2D eigenvalue weighted by atomic mass is 35.5. The van der Waals surface area contributed by atoms with Crippen molar-refractivity contribution < 1.29 is 0 Å². The van der Waals surface area contributed by atoms with Gasteiger partial charge in [0, 0.05) is 11.1 Å². The Balaban J connectivity index is 2.24. The maximum Gasteiger partial charge on any atom is 0.0409 e. The first-order valence-corrected chi connectivity index (χ1v) is 7.52. The van der Waals surface area contributed by atoms with Crippen LogP contribution in [0, 0.1) is 5.41 Å². The van der Waals surface area contributed by atoms with E-state index in [1.54, 1.807) is 0 Å². The van der Waals surface area contributed by atoms with Gasteiger partial charge in [0.25, 0.3) is 0 Å². The number of rotatable bonds is 5. The van der Waals surface area contributed by atoms with E-state index in [0.29, 0.717) is 11.5 Å². The maximum atomic E-state index is 6.15. The summed E-state index contributed by atoms with van der Waals surface area (Å²) in [5.41, 5.74) is 1.74. The van der Waals surface area contributed by atoms with E-state index in [0.717, 1.165) is 11.6 Å². The molecule has 100 valence electrons. The summed E-state index contributed by atoms with van der Waals surface area (Å²) in [5.74, 6) is 0. The first kappa shape index (κ1) is 13.9. The molecule has 0 amide bonds. The standard InChI is InChI=1S/C16H24ClN/c1-3-11-18-15(16(2)9-4-5-10-16)13-7-6-8-14(17)12-13/h6-8,12,15,18H,3-5,9-11H2,1-2H3. The van der Waals surface area contributed by atoms with Crippen molar-refractivity contribution in [3.8, 4) is 0 Å². The van der Waals surface area contributed by atoms with Crippen LogP contribution in [0.25, 0.3) is 0 Å². The quantitative estimate of drug-likeness (QED) is 0.793. The molecule has 1 aliphatic rings. The molecule has 1 aliphatic carbocycles. The molecule has 1 aromatic carbocycles. The first-order valence-electron chi connectivity index (χ1n) is 7.14. The lowest BCUT2D eigenvalue weighted by molar-refractivity contribution is 0.223. The minimum atomic E-state index is 0.389. The Kier molecular flexibility index (Phi) is 4.69. The zero-order valence-electron chi connectivity index (χ0n) is 11.5. The molecule has 2 rings (SSSR count). The van der Waals surface area contributed by atoms with Crippen LogP contribution in [0.15, 0.2) is 24.3 Å². The van der Waals surface area contributed by atoms with Crippen LogP contribution in [-0.2, 0) is 0 Å². The van der Waals surface area contributed by atoms with Crippen LogP contribution in [0.1, 0.15) is 57.6 Å². The summed E-state index contributed by atoms with van der Waals surface area (Å²) < 4.78 is 0. The molecule has 0 saturated heterocycles.